The number of aromatic nitrogens is 5. The fourth-order valence-electron chi connectivity index (χ4n) is 3.40. The molecule has 1 aliphatic rings. The Labute approximate surface area is 166 Å². The molecule has 1 amide bonds. The van der Waals surface area contributed by atoms with Crippen LogP contribution in [0, 0.1) is 0 Å². The standard InChI is InChI=1S/C21H18N6O2/c28-21(19-24-18(25-26-19)12-14-6-2-1-3-7-14)23-15-13-29-17-9-5-4-8-16(17)27-11-10-22-20(15)27/h1-11,15H,12-13H2,(H,23,28)(H,24,25,26). The first-order valence-electron chi connectivity index (χ1n) is 9.29. The molecule has 8 nitrogen and oxygen atoms in total. The molecule has 0 saturated carbocycles. The average molecular weight is 386 g/mol. The summed E-state index contributed by atoms with van der Waals surface area (Å²) in [6.45, 7) is 0.265. The lowest BCUT2D eigenvalue weighted by Crippen LogP contribution is -2.33. The highest BCUT2D eigenvalue weighted by Gasteiger charge is 2.27. The zero-order chi connectivity index (χ0) is 19.6. The van der Waals surface area contributed by atoms with Crippen LogP contribution in [0.15, 0.2) is 67.0 Å². The van der Waals surface area contributed by atoms with Gasteiger partial charge in [0.2, 0.25) is 5.82 Å². The second kappa shape index (κ2) is 7.23. The van der Waals surface area contributed by atoms with Crippen LogP contribution in [0.3, 0.4) is 0 Å². The van der Waals surface area contributed by atoms with E-state index in [1.807, 2.05) is 65.4 Å². The Bertz CT molecular complexity index is 1150. The fraction of sp³-hybridized carbons (Fsp3) is 0.143. The lowest BCUT2D eigenvalue weighted by atomic mass is 10.1. The molecular weight excluding hydrogens is 368 g/mol. The fourth-order valence-corrected chi connectivity index (χ4v) is 3.40. The highest BCUT2D eigenvalue weighted by atomic mass is 16.5. The van der Waals surface area contributed by atoms with Gasteiger partial charge in [0, 0.05) is 18.8 Å². The Morgan fingerprint density at radius 1 is 1.17 bits per heavy atom. The number of H-pyrrole nitrogens is 1. The zero-order valence-electron chi connectivity index (χ0n) is 15.4. The summed E-state index contributed by atoms with van der Waals surface area (Å²) >= 11 is 0. The van der Waals surface area contributed by atoms with E-state index in [0.717, 1.165) is 17.0 Å². The Morgan fingerprint density at radius 2 is 2.00 bits per heavy atom. The van der Waals surface area contributed by atoms with Crippen molar-refractivity contribution in [3.8, 4) is 11.4 Å². The molecule has 3 heterocycles. The van der Waals surface area contributed by atoms with Gasteiger partial charge in [0.15, 0.2) is 0 Å². The molecule has 0 aliphatic carbocycles. The molecule has 0 spiro atoms. The number of imidazole rings is 1. The van der Waals surface area contributed by atoms with Gasteiger partial charge in [-0.25, -0.2) is 9.97 Å². The number of carbonyl (C=O) groups excluding carboxylic acids is 1. The highest BCUT2D eigenvalue weighted by Crippen LogP contribution is 2.29. The number of hydrogen-bond acceptors (Lipinski definition) is 5. The molecule has 2 aromatic heterocycles. The first-order chi connectivity index (χ1) is 14.3. The van der Waals surface area contributed by atoms with Gasteiger partial charge in [0.05, 0.1) is 5.69 Å². The zero-order valence-corrected chi connectivity index (χ0v) is 15.4. The monoisotopic (exact) mass is 386 g/mol. The van der Waals surface area contributed by atoms with Gasteiger partial charge in [0.25, 0.3) is 5.91 Å². The van der Waals surface area contributed by atoms with Crippen LogP contribution in [0.5, 0.6) is 5.75 Å². The quantitative estimate of drug-likeness (QED) is 0.561. The Balaban J connectivity index is 1.34. The van der Waals surface area contributed by atoms with Gasteiger partial charge in [-0.15, -0.1) is 5.10 Å². The van der Waals surface area contributed by atoms with Crippen molar-refractivity contribution in [2.45, 2.75) is 12.5 Å². The van der Waals surface area contributed by atoms with Gasteiger partial charge in [-0.1, -0.05) is 42.5 Å². The van der Waals surface area contributed by atoms with Crippen molar-refractivity contribution in [1.29, 1.82) is 0 Å². The van der Waals surface area contributed by atoms with E-state index in [2.05, 4.69) is 25.5 Å². The van der Waals surface area contributed by atoms with Crippen molar-refractivity contribution >= 4 is 5.91 Å². The smallest absolute Gasteiger partial charge is 0.291 e. The van der Waals surface area contributed by atoms with Gasteiger partial charge in [-0.05, 0) is 17.7 Å². The number of nitrogens with zero attached hydrogens (tertiary/aromatic N) is 4. The van der Waals surface area contributed by atoms with Crippen LogP contribution < -0.4 is 10.1 Å². The molecule has 4 aromatic rings. The summed E-state index contributed by atoms with van der Waals surface area (Å²) in [5.74, 6) is 1.78. The lowest BCUT2D eigenvalue weighted by molar-refractivity contribution is 0.0909. The second-order valence-electron chi connectivity index (χ2n) is 6.73. The predicted molar refractivity (Wildman–Crippen MR) is 105 cm³/mol. The van der Waals surface area contributed by atoms with E-state index in [1.54, 1.807) is 6.20 Å². The summed E-state index contributed by atoms with van der Waals surface area (Å²) in [4.78, 5) is 21.5. The molecule has 144 valence electrons. The number of rotatable bonds is 4. The van der Waals surface area contributed by atoms with E-state index in [9.17, 15) is 4.79 Å². The predicted octanol–water partition coefficient (Wildman–Crippen LogP) is 2.44. The average Bonchev–Trinajstić information content (AvgIpc) is 3.39. The van der Waals surface area contributed by atoms with E-state index < -0.39 is 6.04 Å². The number of ether oxygens (including phenoxy) is 1. The second-order valence-corrected chi connectivity index (χ2v) is 6.73. The molecule has 2 aromatic carbocycles. The van der Waals surface area contributed by atoms with Crippen LogP contribution in [0.4, 0.5) is 0 Å². The number of hydrogen-bond donors (Lipinski definition) is 2. The number of amides is 1. The number of carbonyl (C=O) groups is 1. The number of aromatic amines is 1. The third kappa shape index (κ3) is 3.36. The van der Waals surface area contributed by atoms with Crippen LogP contribution in [0.25, 0.3) is 5.69 Å². The summed E-state index contributed by atoms with van der Waals surface area (Å²) in [7, 11) is 0. The van der Waals surface area contributed by atoms with Crippen LogP contribution in [-0.4, -0.2) is 37.2 Å². The molecule has 1 unspecified atom stereocenters. The maximum atomic E-state index is 12.7. The number of benzene rings is 2. The van der Waals surface area contributed by atoms with Gasteiger partial charge in [-0.3, -0.25) is 14.5 Å². The first-order valence-corrected chi connectivity index (χ1v) is 9.29. The van der Waals surface area contributed by atoms with Crippen molar-refractivity contribution in [1.82, 2.24) is 30.0 Å². The van der Waals surface area contributed by atoms with Gasteiger partial charge in [-0.2, -0.15) is 0 Å². The Kier molecular flexibility index (Phi) is 4.28. The normalized spacial score (nSPS) is 15.0. The van der Waals surface area contributed by atoms with Crippen molar-refractivity contribution in [2.24, 2.45) is 0 Å². The SMILES string of the molecule is O=C(NC1COc2ccccc2-n2ccnc21)c1n[nH]c(Cc2ccccc2)n1. The molecule has 2 N–H and O–H groups in total. The molecule has 0 radical (unpaired) electrons. The van der Waals surface area contributed by atoms with E-state index in [0.29, 0.717) is 18.1 Å². The number of para-hydroxylation sites is 2. The van der Waals surface area contributed by atoms with Crippen LogP contribution >= 0.6 is 0 Å². The molecule has 0 fully saturated rings. The molecule has 8 heteroatoms. The third-order valence-electron chi connectivity index (χ3n) is 4.77. The summed E-state index contributed by atoms with van der Waals surface area (Å²) in [5.41, 5.74) is 1.98. The molecule has 5 rings (SSSR count). The molecule has 1 aliphatic heterocycles. The summed E-state index contributed by atoms with van der Waals surface area (Å²) < 4.78 is 7.82. The molecule has 1 atom stereocenters. The van der Waals surface area contributed by atoms with E-state index >= 15 is 0 Å². The highest BCUT2D eigenvalue weighted by molar-refractivity contribution is 5.90. The van der Waals surface area contributed by atoms with E-state index in [4.69, 9.17) is 4.74 Å². The molecule has 0 bridgehead atoms. The van der Waals surface area contributed by atoms with Gasteiger partial charge in [0.1, 0.15) is 30.0 Å². The minimum Gasteiger partial charge on any atom is -0.489 e. The molecular formula is C21H18N6O2. The van der Waals surface area contributed by atoms with Crippen LogP contribution in [0.2, 0.25) is 0 Å². The minimum absolute atomic E-state index is 0.0933. The van der Waals surface area contributed by atoms with Crippen LogP contribution in [0.1, 0.15) is 33.9 Å². The summed E-state index contributed by atoms with van der Waals surface area (Å²) in [6.07, 6.45) is 4.14. The lowest BCUT2D eigenvalue weighted by Gasteiger charge is -2.15. The molecule has 29 heavy (non-hydrogen) atoms. The first kappa shape index (κ1) is 17.2. The third-order valence-corrected chi connectivity index (χ3v) is 4.77. The number of fused-ring (bicyclic) bond motifs is 3. The largest absolute Gasteiger partial charge is 0.489 e. The van der Waals surface area contributed by atoms with Gasteiger partial charge < -0.3 is 10.1 Å². The van der Waals surface area contributed by atoms with Crippen molar-refractivity contribution in [2.75, 3.05) is 6.61 Å². The van der Waals surface area contributed by atoms with Crippen molar-refractivity contribution in [3.63, 3.8) is 0 Å². The van der Waals surface area contributed by atoms with Crippen molar-refractivity contribution in [3.05, 3.63) is 90.0 Å². The number of nitrogens with one attached hydrogen (secondary N) is 2. The summed E-state index contributed by atoms with van der Waals surface area (Å²) in [6, 6.07) is 17.2. The van der Waals surface area contributed by atoms with E-state index in [1.165, 1.54) is 0 Å². The maximum absolute atomic E-state index is 12.7. The summed E-state index contributed by atoms with van der Waals surface area (Å²) in [5, 5.41) is 9.84. The maximum Gasteiger partial charge on any atom is 0.291 e. The van der Waals surface area contributed by atoms with Crippen LogP contribution in [-0.2, 0) is 6.42 Å². The topological polar surface area (TPSA) is 97.7 Å². The van der Waals surface area contributed by atoms with E-state index in [-0.39, 0.29) is 18.3 Å². The molecule has 0 saturated heterocycles. The Hall–Kier alpha value is -3.94. The van der Waals surface area contributed by atoms with Crippen molar-refractivity contribution < 1.29 is 9.53 Å². The minimum atomic E-state index is -0.430. The van der Waals surface area contributed by atoms with Gasteiger partial charge >= 0.3 is 0 Å². The Morgan fingerprint density at radius 3 is 2.90 bits per heavy atom.